The zero-order valence-electron chi connectivity index (χ0n) is 14.5. The highest BCUT2D eigenvalue weighted by molar-refractivity contribution is 6.17. The van der Waals surface area contributed by atoms with E-state index in [0.29, 0.717) is 16.9 Å². The molecule has 4 aromatic carbocycles. The number of methoxy groups -OCH3 is 1. The standard InChI is InChI=1S/C24H18O2/c1-26-21-12-7-11-19(15-21)24(25)23-16-20(17-8-3-2-4-9-17)14-18-10-5-6-13-22(18)23/h2-16H,1H3. The smallest absolute Gasteiger partial charge is 0.193 e. The van der Waals surface area contributed by atoms with Crippen LogP contribution in [0, 0.1) is 0 Å². The fraction of sp³-hybridized carbons (Fsp3) is 0.0417. The van der Waals surface area contributed by atoms with Crippen LogP contribution in [0.5, 0.6) is 5.75 Å². The van der Waals surface area contributed by atoms with Crippen LogP contribution in [0.3, 0.4) is 0 Å². The molecule has 0 radical (unpaired) electrons. The lowest BCUT2D eigenvalue weighted by Gasteiger charge is -2.11. The van der Waals surface area contributed by atoms with Gasteiger partial charge in [0.2, 0.25) is 0 Å². The Morgan fingerprint density at radius 1 is 0.731 bits per heavy atom. The molecule has 2 nitrogen and oxygen atoms in total. The van der Waals surface area contributed by atoms with Crippen LogP contribution >= 0.6 is 0 Å². The van der Waals surface area contributed by atoms with Crippen molar-refractivity contribution in [3.8, 4) is 16.9 Å². The van der Waals surface area contributed by atoms with Crippen LogP contribution in [0.15, 0.2) is 91.0 Å². The Hall–Kier alpha value is -3.39. The number of carbonyl (C=O) groups is 1. The average molecular weight is 338 g/mol. The molecule has 0 bridgehead atoms. The molecular formula is C24H18O2. The van der Waals surface area contributed by atoms with Crippen LogP contribution in [0.25, 0.3) is 21.9 Å². The summed E-state index contributed by atoms with van der Waals surface area (Å²) < 4.78 is 5.27. The predicted octanol–water partition coefficient (Wildman–Crippen LogP) is 5.75. The van der Waals surface area contributed by atoms with Crippen LogP contribution < -0.4 is 4.74 Å². The fourth-order valence-corrected chi connectivity index (χ4v) is 3.22. The van der Waals surface area contributed by atoms with Gasteiger partial charge in [-0.15, -0.1) is 0 Å². The summed E-state index contributed by atoms with van der Waals surface area (Å²) in [6, 6.07) is 29.5. The quantitative estimate of drug-likeness (QED) is 0.443. The predicted molar refractivity (Wildman–Crippen MR) is 106 cm³/mol. The van der Waals surface area contributed by atoms with E-state index in [-0.39, 0.29) is 5.78 Å². The SMILES string of the molecule is COc1cccc(C(=O)c2cc(-c3ccccc3)cc3ccccc23)c1. The lowest BCUT2D eigenvalue weighted by Crippen LogP contribution is -2.03. The van der Waals surface area contributed by atoms with Crippen LogP contribution in [0.1, 0.15) is 15.9 Å². The van der Waals surface area contributed by atoms with Gasteiger partial charge in [0.25, 0.3) is 0 Å². The minimum Gasteiger partial charge on any atom is -0.497 e. The van der Waals surface area contributed by atoms with E-state index in [1.165, 1.54) is 0 Å². The van der Waals surface area contributed by atoms with Gasteiger partial charge >= 0.3 is 0 Å². The highest BCUT2D eigenvalue weighted by Crippen LogP contribution is 2.29. The van der Waals surface area contributed by atoms with E-state index in [0.717, 1.165) is 21.9 Å². The fourth-order valence-electron chi connectivity index (χ4n) is 3.22. The maximum Gasteiger partial charge on any atom is 0.193 e. The van der Waals surface area contributed by atoms with Crippen LogP contribution in [-0.4, -0.2) is 12.9 Å². The van der Waals surface area contributed by atoms with Gasteiger partial charge in [-0.1, -0.05) is 66.7 Å². The summed E-state index contributed by atoms with van der Waals surface area (Å²) >= 11 is 0. The van der Waals surface area contributed by atoms with Gasteiger partial charge in [-0.25, -0.2) is 0 Å². The van der Waals surface area contributed by atoms with E-state index in [1.54, 1.807) is 13.2 Å². The number of hydrogen-bond donors (Lipinski definition) is 0. The first kappa shape index (κ1) is 16.1. The molecule has 26 heavy (non-hydrogen) atoms. The second-order valence-corrected chi connectivity index (χ2v) is 6.17. The van der Waals surface area contributed by atoms with Crippen LogP contribution in [0.4, 0.5) is 0 Å². The van der Waals surface area contributed by atoms with E-state index in [1.807, 2.05) is 66.7 Å². The Bertz CT molecular complexity index is 1080. The molecule has 0 spiro atoms. The Kier molecular flexibility index (Phi) is 4.24. The van der Waals surface area contributed by atoms with Crippen molar-refractivity contribution in [2.24, 2.45) is 0 Å². The summed E-state index contributed by atoms with van der Waals surface area (Å²) in [7, 11) is 1.61. The van der Waals surface area contributed by atoms with Crippen molar-refractivity contribution in [2.45, 2.75) is 0 Å². The Morgan fingerprint density at radius 3 is 2.31 bits per heavy atom. The highest BCUT2D eigenvalue weighted by Gasteiger charge is 2.15. The second kappa shape index (κ2) is 6.85. The summed E-state index contributed by atoms with van der Waals surface area (Å²) in [5, 5.41) is 2.01. The number of carbonyl (C=O) groups excluding carboxylic acids is 1. The number of ketones is 1. The van der Waals surface area contributed by atoms with E-state index in [9.17, 15) is 4.79 Å². The largest absolute Gasteiger partial charge is 0.497 e. The molecule has 0 N–H and O–H groups in total. The number of fused-ring (bicyclic) bond motifs is 1. The molecule has 0 amide bonds. The van der Waals surface area contributed by atoms with Gasteiger partial charge in [-0.3, -0.25) is 4.79 Å². The monoisotopic (exact) mass is 338 g/mol. The number of ether oxygens (including phenoxy) is 1. The highest BCUT2D eigenvalue weighted by atomic mass is 16.5. The molecule has 0 atom stereocenters. The van der Waals surface area contributed by atoms with E-state index >= 15 is 0 Å². The average Bonchev–Trinajstić information content (AvgIpc) is 2.73. The molecular weight excluding hydrogens is 320 g/mol. The van der Waals surface area contributed by atoms with Crippen molar-refractivity contribution in [3.05, 3.63) is 102 Å². The molecule has 0 saturated heterocycles. The molecule has 0 aliphatic carbocycles. The zero-order chi connectivity index (χ0) is 17.9. The maximum absolute atomic E-state index is 13.3. The molecule has 4 aromatic rings. The molecule has 0 unspecified atom stereocenters. The summed E-state index contributed by atoms with van der Waals surface area (Å²) in [4.78, 5) is 13.3. The second-order valence-electron chi connectivity index (χ2n) is 6.17. The Morgan fingerprint density at radius 2 is 1.50 bits per heavy atom. The minimum absolute atomic E-state index is 0.00196. The van der Waals surface area contributed by atoms with E-state index in [4.69, 9.17) is 4.74 Å². The third kappa shape index (κ3) is 2.98. The third-order valence-electron chi connectivity index (χ3n) is 4.55. The molecule has 126 valence electrons. The molecule has 0 aliphatic rings. The van der Waals surface area contributed by atoms with E-state index in [2.05, 4.69) is 18.2 Å². The van der Waals surface area contributed by atoms with Crippen LogP contribution in [-0.2, 0) is 0 Å². The van der Waals surface area contributed by atoms with Gasteiger partial charge in [0.1, 0.15) is 5.75 Å². The van der Waals surface area contributed by atoms with Crippen molar-refractivity contribution in [1.29, 1.82) is 0 Å². The lowest BCUT2D eigenvalue weighted by atomic mass is 9.92. The van der Waals surface area contributed by atoms with Gasteiger partial charge in [0, 0.05) is 11.1 Å². The van der Waals surface area contributed by atoms with Gasteiger partial charge in [0.15, 0.2) is 5.78 Å². The molecule has 0 saturated carbocycles. The number of hydrogen-bond acceptors (Lipinski definition) is 2. The first-order valence-corrected chi connectivity index (χ1v) is 8.53. The molecule has 2 heteroatoms. The van der Waals surface area contributed by atoms with Crippen molar-refractivity contribution in [2.75, 3.05) is 7.11 Å². The van der Waals surface area contributed by atoms with Crippen molar-refractivity contribution in [3.63, 3.8) is 0 Å². The Labute approximate surface area is 152 Å². The lowest BCUT2D eigenvalue weighted by molar-refractivity contribution is 0.104. The first-order chi connectivity index (χ1) is 12.8. The van der Waals surface area contributed by atoms with Crippen molar-refractivity contribution < 1.29 is 9.53 Å². The molecule has 0 aliphatic heterocycles. The minimum atomic E-state index is -0.00196. The molecule has 4 rings (SSSR count). The van der Waals surface area contributed by atoms with Crippen molar-refractivity contribution >= 4 is 16.6 Å². The first-order valence-electron chi connectivity index (χ1n) is 8.53. The normalized spacial score (nSPS) is 10.7. The van der Waals surface area contributed by atoms with Crippen LogP contribution in [0.2, 0.25) is 0 Å². The molecule has 0 aromatic heterocycles. The summed E-state index contributed by atoms with van der Waals surface area (Å²) in [5.74, 6) is 0.678. The summed E-state index contributed by atoms with van der Waals surface area (Å²) in [6.45, 7) is 0. The van der Waals surface area contributed by atoms with Gasteiger partial charge in [0.05, 0.1) is 7.11 Å². The molecule has 0 heterocycles. The third-order valence-corrected chi connectivity index (χ3v) is 4.55. The van der Waals surface area contributed by atoms with Gasteiger partial charge in [-0.05, 0) is 46.2 Å². The number of rotatable bonds is 4. The molecule has 0 fully saturated rings. The van der Waals surface area contributed by atoms with Crippen molar-refractivity contribution in [1.82, 2.24) is 0 Å². The van der Waals surface area contributed by atoms with E-state index < -0.39 is 0 Å². The maximum atomic E-state index is 13.3. The summed E-state index contributed by atoms with van der Waals surface area (Å²) in [6.07, 6.45) is 0. The van der Waals surface area contributed by atoms with Gasteiger partial charge < -0.3 is 4.74 Å². The Balaban J connectivity index is 1.91. The topological polar surface area (TPSA) is 26.3 Å². The zero-order valence-corrected chi connectivity index (χ0v) is 14.5. The summed E-state index contributed by atoms with van der Waals surface area (Å²) in [5.41, 5.74) is 3.46. The number of benzene rings is 4. The van der Waals surface area contributed by atoms with Gasteiger partial charge in [-0.2, -0.15) is 0 Å².